The molecule has 2 heterocycles. The molecule has 1 atom stereocenters. The van der Waals surface area contributed by atoms with Gasteiger partial charge in [0, 0.05) is 38.1 Å². The molecule has 2 aliphatic heterocycles. The molecule has 2 aliphatic rings. The molecule has 1 N–H and O–H groups in total. The molecule has 26 heavy (non-hydrogen) atoms. The number of halogens is 1. The van der Waals surface area contributed by atoms with Gasteiger partial charge in [0.05, 0.1) is 0 Å². The van der Waals surface area contributed by atoms with Crippen molar-refractivity contribution in [1.29, 1.82) is 0 Å². The van der Waals surface area contributed by atoms with Gasteiger partial charge in [0.25, 0.3) is 5.91 Å². The van der Waals surface area contributed by atoms with Gasteiger partial charge in [-0.2, -0.15) is 0 Å². The van der Waals surface area contributed by atoms with Gasteiger partial charge in [-0.25, -0.2) is 4.39 Å². The number of hydrogen-bond acceptors (Lipinski definition) is 4. The van der Waals surface area contributed by atoms with Crippen molar-refractivity contribution in [3.63, 3.8) is 0 Å². The number of carbonyl (C=O) groups is 2. The Morgan fingerprint density at radius 1 is 1.27 bits per heavy atom. The van der Waals surface area contributed by atoms with Crippen LogP contribution in [0, 0.1) is 5.82 Å². The van der Waals surface area contributed by atoms with E-state index in [0.717, 1.165) is 25.8 Å². The molecule has 0 aromatic heterocycles. The van der Waals surface area contributed by atoms with E-state index in [2.05, 4.69) is 17.3 Å². The summed E-state index contributed by atoms with van der Waals surface area (Å²) in [5, 5.41) is 3.01. The predicted molar refractivity (Wildman–Crippen MR) is 95.3 cm³/mol. The van der Waals surface area contributed by atoms with Gasteiger partial charge in [-0.1, -0.05) is 0 Å². The molecule has 2 saturated heterocycles. The Balaban J connectivity index is 1.49. The molecule has 1 aromatic rings. The van der Waals surface area contributed by atoms with Crippen LogP contribution in [0.3, 0.4) is 0 Å². The Morgan fingerprint density at radius 2 is 1.92 bits per heavy atom. The average molecular weight is 363 g/mol. The standard InChI is InChI=1S/C19H26FN3O3/c1-14(24)21-16-11-19(22(2)12-16)7-9-23(10-8-19)18(25)13-26-17-5-3-15(20)4-6-17/h3-6,16H,7-13H2,1-2H3,(H,21,24)/t16-/m1/s1. The van der Waals surface area contributed by atoms with E-state index in [0.29, 0.717) is 18.8 Å². The topological polar surface area (TPSA) is 61.9 Å². The van der Waals surface area contributed by atoms with Crippen LogP contribution in [0.25, 0.3) is 0 Å². The summed E-state index contributed by atoms with van der Waals surface area (Å²) < 4.78 is 18.4. The van der Waals surface area contributed by atoms with E-state index >= 15 is 0 Å². The van der Waals surface area contributed by atoms with Gasteiger partial charge in [0.1, 0.15) is 11.6 Å². The first-order valence-corrected chi connectivity index (χ1v) is 9.02. The lowest BCUT2D eigenvalue weighted by molar-refractivity contribution is -0.135. The van der Waals surface area contributed by atoms with Crippen LogP contribution in [0.5, 0.6) is 5.75 Å². The SMILES string of the molecule is CC(=O)N[C@H]1CN(C)C2(CCN(C(=O)COc3ccc(F)cc3)CC2)C1. The van der Waals surface area contributed by atoms with Gasteiger partial charge in [-0.3, -0.25) is 14.5 Å². The third-order valence-corrected chi connectivity index (χ3v) is 5.56. The maximum absolute atomic E-state index is 12.9. The Kier molecular flexibility index (Phi) is 5.46. The number of benzene rings is 1. The quantitative estimate of drug-likeness (QED) is 0.879. The normalized spacial score (nSPS) is 22.4. The molecule has 7 heteroatoms. The van der Waals surface area contributed by atoms with Gasteiger partial charge in [0.15, 0.2) is 6.61 Å². The number of ether oxygens (including phenoxy) is 1. The number of amides is 2. The summed E-state index contributed by atoms with van der Waals surface area (Å²) in [4.78, 5) is 27.9. The lowest BCUT2D eigenvalue weighted by Gasteiger charge is -2.43. The zero-order valence-corrected chi connectivity index (χ0v) is 15.3. The van der Waals surface area contributed by atoms with Crippen molar-refractivity contribution < 1.29 is 18.7 Å². The van der Waals surface area contributed by atoms with Gasteiger partial charge in [-0.15, -0.1) is 0 Å². The van der Waals surface area contributed by atoms with E-state index in [9.17, 15) is 14.0 Å². The van der Waals surface area contributed by atoms with E-state index in [4.69, 9.17) is 4.74 Å². The van der Waals surface area contributed by atoms with Crippen LogP contribution in [-0.2, 0) is 9.59 Å². The fraction of sp³-hybridized carbons (Fsp3) is 0.579. The highest BCUT2D eigenvalue weighted by atomic mass is 19.1. The maximum atomic E-state index is 12.9. The zero-order chi connectivity index (χ0) is 18.7. The fourth-order valence-electron chi connectivity index (χ4n) is 4.11. The molecule has 1 spiro atoms. The molecule has 142 valence electrons. The molecule has 0 aliphatic carbocycles. The Labute approximate surface area is 153 Å². The van der Waals surface area contributed by atoms with Crippen LogP contribution < -0.4 is 10.1 Å². The lowest BCUT2D eigenvalue weighted by atomic mass is 9.84. The molecule has 3 rings (SSSR count). The number of nitrogens with zero attached hydrogens (tertiary/aromatic N) is 2. The predicted octanol–water partition coefficient (Wildman–Crippen LogP) is 1.41. The van der Waals surface area contributed by atoms with Crippen molar-refractivity contribution >= 4 is 11.8 Å². The molecule has 6 nitrogen and oxygen atoms in total. The fourth-order valence-corrected chi connectivity index (χ4v) is 4.11. The molecular formula is C19H26FN3O3. The number of likely N-dealkylation sites (tertiary alicyclic amines) is 2. The van der Waals surface area contributed by atoms with Crippen LogP contribution in [-0.4, -0.2) is 66.5 Å². The summed E-state index contributed by atoms with van der Waals surface area (Å²) in [5.74, 6) is 0.111. The Morgan fingerprint density at radius 3 is 2.54 bits per heavy atom. The first kappa shape index (κ1) is 18.6. The van der Waals surface area contributed by atoms with Gasteiger partial charge in [-0.05, 0) is 50.6 Å². The summed E-state index contributed by atoms with van der Waals surface area (Å²) in [6.45, 7) is 3.73. The van der Waals surface area contributed by atoms with Crippen LogP contribution in [0.4, 0.5) is 4.39 Å². The van der Waals surface area contributed by atoms with Crippen molar-refractivity contribution in [2.75, 3.05) is 33.3 Å². The summed E-state index contributed by atoms with van der Waals surface area (Å²) in [6, 6.07) is 5.84. The second-order valence-electron chi connectivity index (χ2n) is 7.33. The largest absolute Gasteiger partial charge is 0.484 e. The molecule has 2 fully saturated rings. The highest BCUT2D eigenvalue weighted by Crippen LogP contribution is 2.37. The second-order valence-corrected chi connectivity index (χ2v) is 7.33. The number of piperidine rings is 1. The minimum atomic E-state index is -0.330. The van der Waals surface area contributed by atoms with Crippen molar-refractivity contribution in [3.8, 4) is 5.75 Å². The van der Waals surface area contributed by atoms with E-state index in [1.165, 1.54) is 24.3 Å². The Bertz CT molecular complexity index is 656. The molecule has 2 amide bonds. The van der Waals surface area contributed by atoms with Crippen molar-refractivity contribution in [3.05, 3.63) is 30.1 Å². The highest BCUT2D eigenvalue weighted by molar-refractivity contribution is 5.78. The van der Waals surface area contributed by atoms with E-state index in [1.54, 1.807) is 6.92 Å². The molecular weight excluding hydrogens is 337 g/mol. The number of likely N-dealkylation sites (N-methyl/N-ethyl adjacent to an activating group) is 1. The zero-order valence-electron chi connectivity index (χ0n) is 15.3. The molecule has 0 bridgehead atoms. The first-order chi connectivity index (χ1) is 12.4. The Hall–Kier alpha value is -2.15. The van der Waals surface area contributed by atoms with Crippen LogP contribution >= 0.6 is 0 Å². The van der Waals surface area contributed by atoms with Crippen molar-refractivity contribution in [2.45, 2.75) is 37.8 Å². The first-order valence-electron chi connectivity index (χ1n) is 9.02. The van der Waals surface area contributed by atoms with Crippen LogP contribution in [0.15, 0.2) is 24.3 Å². The van der Waals surface area contributed by atoms with Gasteiger partial charge >= 0.3 is 0 Å². The summed E-state index contributed by atoms with van der Waals surface area (Å²) >= 11 is 0. The molecule has 1 aromatic carbocycles. The van der Waals surface area contributed by atoms with Gasteiger partial charge < -0.3 is 15.0 Å². The maximum Gasteiger partial charge on any atom is 0.260 e. The minimum absolute atomic E-state index is 0.00556. The molecule has 0 radical (unpaired) electrons. The molecule has 0 saturated carbocycles. The van der Waals surface area contributed by atoms with E-state index < -0.39 is 0 Å². The second kappa shape index (κ2) is 7.61. The number of nitrogens with one attached hydrogen (secondary N) is 1. The van der Waals surface area contributed by atoms with E-state index in [-0.39, 0.29) is 35.8 Å². The summed E-state index contributed by atoms with van der Waals surface area (Å²) in [6.07, 6.45) is 2.71. The summed E-state index contributed by atoms with van der Waals surface area (Å²) in [5.41, 5.74) is 0.0573. The monoisotopic (exact) mass is 363 g/mol. The van der Waals surface area contributed by atoms with Crippen LogP contribution in [0.2, 0.25) is 0 Å². The number of carbonyl (C=O) groups excluding carboxylic acids is 2. The van der Waals surface area contributed by atoms with Crippen LogP contribution in [0.1, 0.15) is 26.2 Å². The highest BCUT2D eigenvalue weighted by Gasteiger charge is 2.46. The van der Waals surface area contributed by atoms with E-state index in [1.807, 2.05) is 4.90 Å². The smallest absolute Gasteiger partial charge is 0.260 e. The third-order valence-electron chi connectivity index (χ3n) is 5.56. The number of rotatable bonds is 4. The third kappa shape index (κ3) is 4.15. The van der Waals surface area contributed by atoms with Gasteiger partial charge in [0.2, 0.25) is 5.91 Å². The summed E-state index contributed by atoms with van der Waals surface area (Å²) in [7, 11) is 2.09. The minimum Gasteiger partial charge on any atom is -0.484 e. The van der Waals surface area contributed by atoms with Crippen molar-refractivity contribution in [1.82, 2.24) is 15.1 Å². The van der Waals surface area contributed by atoms with Crippen molar-refractivity contribution in [2.24, 2.45) is 0 Å². The molecule has 0 unspecified atom stereocenters. The average Bonchev–Trinajstić information content (AvgIpc) is 2.89. The number of hydrogen-bond donors (Lipinski definition) is 1. The lowest BCUT2D eigenvalue weighted by Crippen LogP contribution is -2.52.